The van der Waals surface area contributed by atoms with E-state index in [1.54, 1.807) is 25.2 Å². The van der Waals surface area contributed by atoms with Crippen LogP contribution in [0, 0.1) is 23.5 Å². The van der Waals surface area contributed by atoms with Gasteiger partial charge < -0.3 is 14.4 Å². The third-order valence-corrected chi connectivity index (χ3v) is 5.40. The molecule has 2 aliphatic rings. The van der Waals surface area contributed by atoms with Crippen molar-refractivity contribution in [2.75, 3.05) is 20.8 Å². The molecule has 1 saturated carbocycles. The number of amides is 1. The molecule has 1 heterocycles. The fourth-order valence-corrected chi connectivity index (χ4v) is 3.80. The molecule has 1 aliphatic carbocycles. The molecule has 0 N–H and O–H groups in total. The molecule has 4 nitrogen and oxygen atoms in total. The van der Waals surface area contributed by atoms with Gasteiger partial charge in [0, 0.05) is 35.7 Å². The number of fused-ring (bicyclic) bond motifs is 1. The van der Waals surface area contributed by atoms with Gasteiger partial charge in [-0.25, -0.2) is 8.78 Å². The zero-order valence-electron chi connectivity index (χ0n) is 15.7. The van der Waals surface area contributed by atoms with Crippen LogP contribution in [0.25, 0.3) is 6.08 Å². The molecule has 2 aromatic rings. The minimum Gasteiger partial charge on any atom is -0.493 e. The van der Waals surface area contributed by atoms with Crippen molar-refractivity contribution in [2.45, 2.75) is 12.8 Å². The molecule has 0 aromatic heterocycles. The Morgan fingerprint density at radius 1 is 1.07 bits per heavy atom. The number of likely N-dealkylation sites (tertiary alicyclic amines) is 1. The fourth-order valence-electron chi connectivity index (χ4n) is 3.80. The fraction of sp³-hybridized carbons (Fsp3) is 0.318. The molecule has 2 fully saturated rings. The van der Waals surface area contributed by atoms with Crippen molar-refractivity contribution < 1.29 is 23.0 Å². The number of halogens is 2. The van der Waals surface area contributed by atoms with Crippen molar-refractivity contribution in [1.29, 1.82) is 0 Å². The first kappa shape index (κ1) is 18.5. The maximum Gasteiger partial charge on any atom is 0.230 e. The predicted octanol–water partition coefficient (Wildman–Crippen LogP) is 4.04. The minimum absolute atomic E-state index is 0.000151. The third-order valence-electron chi connectivity index (χ3n) is 5.40. The van der Waals surface area contributed by atoms with E-state index in [0.717, 1.165) is 23.7 Å². The highest BCUT2D eigenvalue weighted by molar-refractivity contribution is 5.89. The number of carbonyl (C=O) groups excluding carboxylic acids is 1. The van der Waals surface area contributed by atoms with E-state index in [-0.39, 0.29) is 17.7 Å². The lowest BCUT2D eigenvalue weighted by molar-refractivity contribution is -0.128. The number of carbonyl (C=O) groups is 1. The van der Waals surface area contributed by atoms with Crippen molar-refractivity contribution >= 4 is 12.0 Å². The van der Waals surface area contributed by atoms with E-state index in [2.05, 4.69) is 0 Å². The molecular weight excluding hydrogens is 364 g/mol. The molecule has 4 rings (SSSR count). The number of hydrogen-bond acceptors (Lipinski definition) is 3. The van der Waals surface area contributed by atoms with Gasteiger partial charge in [0.25, 0.3) is 0 Å². The van der Waals surface area contributed by atoms with E-state index in [9.17, 15) is 13.6 Å². The van der Waals surface area contributed by atoms with Gasteiger partial charge in [0.1, 0.15) is 11.6 Å². The molecule has 0 spiro atoms. The quantitative estimate of drug-likeness (QED) is 0.753. The van der Waals surface area contributed by atoms with Gasteiger partial charge in [-0.1, -0.05) is 6.07 Å². The zero-order valence-corrected chi connectivity index (χ0v) is 15.7. The van der Waals surface area contributed by atoms with Gasteiger partial charge in [-0.15, -0.1) is 0 Å². The van der Waals surface area contributed by atoms with Crippen LogP contribution in [-0.4, -0.2) is 31.6 Å². The van der Waals surface area contributed by atoms with Crippen LogP contribution in [0.1, 0.15) is 17.5 Å². The largest absolute Gasteiger partial charge is 0.493 e. The summed E-state index contributed by atoms with van der Waals surface area (Å²) in [5, 5.41) is 0. The minimum atomic E-state index is -0.621. The highest BCUT2D eigenvalue weighted by Crippen LogP contribution is 2.53. The Morgan fingerprint density at radius 2 is 1.86 bits per heavy atom. The van der Waals surface area contributed by atoms with Crippen LogP contribution in [-0.2, 0) is 11.2 Å². The van der Waals surface area contributed by atoms with Crippen LogP contribution >= 0.6 is 0 Å². The van der Waals surface area contributed by atoms with Crippen LogP contribution < -0.4 is 9.47 Å². The summed E-state index contributed by atoms with van der Waals surface area (Å²) in [6, 6.07) is 9.16. The maximum absolute atomic E-state index is 14.1. The lowest BCUT2D eigenvalue weighted by Crippen LogP contribution is -2.29. The normalized spacial score (nSPS) is 21.8. The van der Waals surface area contributed by atoms with Crippen LogP contribution in [0.3, 0.4) is 0 Å². The molecule has 28 heavy (non-hydrogen) atoms. The van der Waals surface area contributed by atoms with Gasteiger partial charge in [0.05, 0.1) is 14.2 Å². The molecule has 146 valence electrons. The van der Waals surface area contributed by atoms with Gasteiger partial charge in [-0.05, 0) is 48.7 Å². The first-order valence-electron chi connectivity index (χ1n) is 9.20. The summed E-state index contributed by atoms with van der Waals surface area (Å²) in [4.78, 5) is 14.4. The van der Waals surface area contributed by atoms with E-state index < -0.39 is 11.6 Å². The second kappa shape index (κ2) is 7.26. The van der Waals surface area contributed by atoms with Crippen molar-refractivity contribution in [1.82, 2.24) is 4.90 Å². The molecule has 6 heteroatoms. The van der Waals surface area contributed by atoms with E-state index in [1.165, 1.54) is 12.1 Å². The molecule has 2 atom stereocenters. The standard InChI is InChI=1S/C22H21F2NO3/c1-27-20-6-3-13(9-21(20)28-2)7-8-25-19(16-12-17(16)22(25)26)10-14-4-5-15(23)11-18(14)24/h3-6,9-11,16-17H,7-8,12H2,1-2H3/b19-10-/t16-,17+/m0/s1. The second-order valence-electron chi connectivity index (χ2n) is 7.11. The van der Waals surface area contributed by atoms with Crippen molar-refractivity contribution in [3.63, 3.8) is 0 Å². The second-order valence-corrected chi connectivity index (χ2v) is 7.11. The summed E-state index contributed by atoms with van der Waals surface area (Å²) in [6.45, 7) is 0.496. The van der Waals surface area contributed by atoms with Crippen LogP contribution in [0.4, 0.5) is 8.78 Å². The Bertz CT molecular complexity index is 957. The summed E-state index contributed by atoms with van der Waals surface area (Å²) in [6.07, 6.45) is 3.12. The summed E-state index contributed by atoms with van der Waals surface area (Å²) < 4.78 is 37.8. The number of benzene rings is 2. The summed E-state index contributed by atoms with van der Waals surface area (Å²) >= 11 is 0. The molecular formula is C22H21F2NO3. The maximum atomic E-state index is 14.1. The Morgan fingerprint density at radius 3 is 2.57 bits per heavy atom. The number of ether oxygens (including phenoxy) is 2. The lowest BCUT2D eigenvalue weighted by atomic mass is 10.1. The number of methoxy groups -OCH3 is 2. The van der Waals surface area contributed by atoms with Crippen LogP contribution in [0.2, 0.25) is 0 Å². The van der Waals surface area contributed by atoms with Gasteiger partial charge in [0.2, 0.25) is 5.91 Å². The lowest BCUT2D eigenvalue weighted by Gasteiger charge is -2.21. The monoisotopic (exact) mass is 385 g/mol. The average molecular weight is 385 g/mol. The number of piperidine rings is 1. The Labute approximate surface area is 162 Å². The van der Waals surface area contributed by atoms with E-state index in [0.29, 0.717) is 30.0 Å². The van der Waals surface area contributed by atoms with E-state index in [4.69, 9.17) is 9.47 Å². The Hall–Kier alpha value is -2.89. The molecule has 1 saturated heterocycles. The molecule has 1 aliphatic heterocycles. The van der Waals surface area contributed by atoms with Crippen molar-refractivity contribution in [3.05, 3.63) is 64.9 Å². The molecule has 0 bridgehead atoms. The van der Waals surface area contributed by atoms with Gasteiger partial charge in [0.15, 0.2) is 11.5 Å². The topological polar surface area (TPSA) is 38.8 Å². The summed E-state index contributed by atoms with van der Waals surface area (Å²) in [5.74, 6) is 0.277. The first-order valence-corrected chi connectivity index (χ1v) is 9.20. The van der Waals surface area contributed by atoms with Gasteiger partial charge in [-0.2, -0.15) is 0 Å². The smallest absolute Gasteiger partial charge is 0.230 e. The van der Waals surface area contributed by atoms with Crippen LogP contribution in [0.15, 0.2) is 42.1 Å². The van der Waals surface area contributed by atoms with Gasteiger partial charge in [-0.3, -0.25) is 4.79 Å². The van der Waals surface area contributed by atoms with Crippen LogP contribution in [0.5, 0.6) is 11.5 Å². The average Bonchev–Trinajstić information content (AvgIpc) is 3.44. The Balaban J connectivity index is 1.55. The third kappa shape index (κ3) is 3.35. The molecule has 1 amide bonds. The van der Waals surface area contributed by atoms with Gasteiger partial charge >= 0.3 is 0 Å². The zero-order chi connectivity index (χ0) is 19.8. The summed E-state index contributed by atoms with van der Waals surface area (Å²) in [5.41, 5.74) is 2.13. The SMILES string of the molecule is COc1ccc(CCN2C(=O)[C@@H]3C[C@@H]3/C2=C/c2ccc(F)cc2F)cc1OC. The molecule has 0 radical (unpaired) electrons. The highest BCUT2D eigenvalue weighted by atomic mass is 19.1. The Kier molecular flexibility index (Phi) is 4.79. The number of hydrogen-bond donors (Lipinski definition) is 0. The van der Waals surface area contributed by atoms with Crippen molar-refractivity contribution in [3.8, 4) is 11.5 Å². The van der Waals surface area contributed by atoms with E-state index in [1.807, 2.05) is 18.2 Å². The molecule has 2 aromatic carbocycles. The number of allylic oxidation sites excluding steroid dienone is 1. The summed E-state index contributed by atoms with van der Waals surface area (Å²) in [7, 11) is 3.16. The number of rotatable bonds is 6. The van der Waals surface area contributed by atoms with E-state index >= 15 is 0 Å². The predicted molar refractivity (Wildman–Crippen MR) is 101 cm³/mol. The van der Waals surface area contributed by atoms with Crippen molar-refractivity contribution in [2.24, 2.45) is 11.8 Å². The first-order chi connectivity index (χ1) is 13.5. The number of nitrogens with zero attached hydrogens (tertiary/aromatic N) is 1. The highest BCUT2D eigenvalue weighted by Gasteiger charge is 2.55. The molecule has 0 unspecified atom stereocenters.